The van der Waals surface area contributed by atoms with Gasteiger partial charge in [-0.05, 0) is 47.4 Å². The molecule has 0 unspecified atom stereocenters. The maximum absolute atomic E-state index is 12.8. The Morgan fingerprint density at radius 1 is 1.11 bits per heavy atom. The Hall–Kier alpha value is -2.90. The first kappa shape index (κ1) is 19.9. The van der Waals surface area contributed by atoms with Gasteiger partial charge in [-0.15, -0.1) is 0 Å². The van der Waals surface area contributed by atoms with Gasteiger partial charge in [-0.2, -0.15) is 13.2 Å². The predicted octanol–water partition coefficient (Wildman–Crippen LogP) is 3.99. The molecule has 0 atom stereocenters. The minimum atomic E-state index is -4.41. The molecule has 2 aromatic carbocycles. The topological polar surface area (TPSA) is 50.8 Å². The highest BCUT2D eigenvalue weighted by Crippen LogP contribution is 2.33. The lowest BCUT2D eigenvalue weighted by atomic mass is 9.99. The van der Waals surface area contributed by atoms with Crippen molar-refractivity contribution in [3.05, 3.63) is 58.7 Å². The molecule has 1 aliphatic heterocycles. The van der Waals surface area contributed by atoms with E-state index < -0.39 is 11.7 Å². The first-order valence-electron chi connectivity index (χ1n) is 8.74. The highest BCUT2D eigenvalue weighted by Gasteiger charge is 2.30. The molecule has 28 heavy (non-hydrogen) atoms. The molecule has 5 nitrogen and oxygen atoms in total. The molecular formula is C20H21F3N2O3. The first-order chi connectivity index (χ1) is 13.3. The third kappa shape index (κ3) is 4.32. The number of urea groups is 1. The van der Waals surface area contributed by atoms with Crippen molar-refractivity contribution in [2.24, 2.45) is 0 Å². The van der Waals surface area contributed by atoms with Crippen LogP contribution >= 0.6 is 0 Å². The molecule has 0 bridgehead atoms. The summed E-state index contributed by atoms with van der Waals surface area (Å²) in [6.07, 6.45) is -3.75. The summed E-state index contributed by atoms with van der Waals surface area (Å²) in [4.78, 5) is 14.1. The van der Waals surface area contributed by atoms with Crippen LogP contribution in [0, 0.1) is 0 Å². The zero-order chi connectivity index (χ0) is 20.3. The normalized spacial score (nSPS) is 13.7. The van der Waals surface area contributed by atoms with Crippen LogP contribution in [-0.2, 0) is 25.7 Å². The second-order valence-corrected chi connectivity index (χ2v) is 6.50. The minimum absolute atomic E-state index is 0.0258. The van der Waals surface area contributed by atoms with E-state index in [0.717, 1.165) is 23.3 Å². The molecular weight excluding hydrogens is 373 g/mol. The molecule has 0 aliphatic carbocycles. The van der Waals surface area contributed by atoms with Crippen LogP contribution in [0.25, 0.3) is 0 Å². The van der Waals surface area contributed by atoms with E-state index in [9.17, 15) is 18.0 Å². The molecule has 1 N–H and O–H groups in total. The Morgan fingerprint density at radius 3 is 2.43 bits per heavy atom. The lowest BCUT2D eigenvalue weighted by Gasteiger charge is -2.29. The molecule has 1 aliphatic rings. The first-order valence-corrected chi connectivity index (χ1v) is 8.74. The van der Waals surface area contributed by atoms with E-state index in [1.165, 1.54) is 6.07 Å². The van der Waals surface area contributed by atoms with E-state index in [1.807, 2.05) is 12.1 Å². The summed E-state index contributed by atoms with van der Waals surface area (Å²) in [5.74, 6) is 1.23. The SMILES string of the molecule is COc1cc2c(cc1OC)CN(C(=O)NCc1cccc(C(F)(F)F)c1)CC2. The predicted molar refractivity (Wildman–Crippen MR) is 97.3 cm³/mol. The third-order valence-corrected chi connectivity index (χ3v) is 4.70. The van der Waals surface area contributed by atoms with Crippen LogP contribution in [0.4, 0.5) is 18.0 Å². The molecule has 0 saturated carbocycles. The van der Waals surface area contributed by atoms with Crippen LogP contribution in [0.5, 0.6) is 11.5 Å². The Kier molecular flexibility index (Phi) is 5.67. The molecule has 150 valence electrons. The van der Waals surface area contributed by atoms with Crippen LogP contribution in [0.15, 0.2) is 36.4 Å². The number of nitrogens with one attached hydrogen (secondary N) is 1. The van der Waals surface area contributed by atoms with Gasteiger partial charge in [0.1, 0.15) is 0 Å². The number of carbonyl (C=O) groups is 1. The molecule has 1 heterocycles. The van der Waals surface area contributed by atoms with Crippen molar-refractivity contribution in [2.45, 2.75) is 25.7 Å². The Labute approximate surface area is 161 Å². The van der Waals surface area contributed by atoms with Gasteiger partial charge in [-0.25, -0.2) is 4.79 Å². The van der Waals surface area contributed by atoms with Gasteiger partial charge in [0.15, 0.2) is 11.5 Å². The van der Waals surface area contributed by atoms with E-state index in [-0.39, 0.29) is 12.6 Å². The number of carbonyl (C=O) groups excluding carboxylic acids is 1. The van der Waals surface area contributed by atoms with Gasteiger partial charge in [0.2, 0.25) is 0 Å². The summed E-state index contributed by atoms with van der Waals surface area (Å²) >= 11 is 0. The van der Waals surface area contributed by atoms with Crippen LogP contribution in [0.1, 0.15) is 22.3 Å². The van der Waals surface area contributed by atoms with Gasteiger partial charge in [0.25, 0.3) is 0 Å². The number of hydrogen-bond donors (Lipinski definition) is 1. The summed E-state index contributed by atoms with van der Waals surface area (Å²) in [5, 5.41) is 2.69. The zero-order valence-electron chi connectivity index (χ0n) is 15.6. The minimum Gasteiger partial charge on any atom is -0.493 e. The zero-order valence-corrected chi connectivity index (χ0v) is 15.6. The lowest BCUT2D eigenvalue weighted by molar-refractivity contribution is -0.137. The van der Waals surface area contributed by atoms with E-state index in [1.54, 1.807) is 25.2 Å². The number of nitrogens with zero attached hydrogens (tertiary/aromatic N) is 1. The molecule has 0 fully saturated rings. The van der Waals surface area contributed by atoms with Crippen molar-refractivity contribution >= 4 is 6.03 Å². The number of rotatable bonds is 4. The van der Waals surface area contributed by atoms with Crippen LogP contribution in [0.2, 0.25) is 0 Å². The Balaban J connectivity index is 1.65. The maximum Gasteiger partial charge on any atom is 0.416 e. The van der Waals surface area contributed by atoms with Crippen molar-refractivity contribution in [2.75, 3.05) is 20.8 Å². The Bertz CT molecular complexity index is 868. The summed E-state index contributed by atoms with van der Waals surface area (Å²) in [5.41, 5.74) is 1.71. The summed E-state index contributed by atoms with van der Waals surface area (Å²) in [6.45, 7) is 0.930. The molecule has 0 aromatic heterocycles. The fraction of sp³-hybridized carbons (Fsp3) is 0.350. The van der Waals surface area contributed by atoms with Gasteiger partial charge >= 0.3 is 12.2 Å². The van der Waals surface area contributed by atoms with E-state index >= 15 is 0 Å². The highest BCUT2D eigenvalue weighted by atomic mass is 19.4. The number of ether oxygens (including phenoxy) is 2. The molecule has 2 aromatic rings. The summed E-state index contributed by atoms with van der Waals surface area (Å²) in [7, 11) is 3.12. The van der Waals surface area contributed by atoms with E-state index in [2.05, 4.69) is 5.32 Å². The van der Waals surface area contributed by atoms with Gasteiger partial charge in [-0.3, -0.25) is 0 Å². The molecule has 3 rings (SSSR count). The Morgan fingerprint density at radius 2 is 1.79 bits per heavy atom. The average Bonchev–Trinajstić information content (AvgIpc) is 2.70. The summed E-state index contributed by atoms with van der Waals surface area (Å²) in [6, 6.07) is 8.38. The van der Waals surface area contributed by atoms with E-state index in [4.69, 9.17) is 9.47 Å². The monoisotopic (exact) mass is 394 g/mol. The fourth-order valence-corrected chi connectivity index (χ4v) is 3.20. The number of amides is 2. The number of methoxy groups -OCH3 is 2. The van der Waals surface area contributed by atoms with Gasteiger partial charge in [0.05, 0.1) is 19.8 Å². The number of alkyl halides is 3. The average molecular weight is 394 g/mol. The largest absolute Gasteiger partial charge is 0.493 e. The second-order valence-electron chi connectivity index (χ2n) is 6.50. The molecule has 0 spiro atoms. The third-order valence-electron chi connectivity index (χ3n) is 4.70. The molecule has 8 heteroatoms. The van der Waals surface area contributed by atoms with Gasteiger partial charge < -0.3 is 19.7 Å². The highest BCUT2D eigenvalue weighted by molar-refractivity contribution is 5.74. The molecule has 0 saturated heterocycles. The van der Waals surface area contributed by atoms with Crippen molar-refractivity contribution in [1.29, 1.82) is 0 Å². The fourth-order valence-electron chi connectivity index (χ4n) is 3.20. The second kappa shape index (κ2) is 8.00. The smallest absolute Gasteiger partial charge is 0.416 e. The van der Waals surface area contributed by atoms with Crippen LogP contribution in [0.3, 0.4) is 0 Å². The van der Waals surface area contributed by atoms with Crippen molar-refractivity contribution in [3.8, 4) is 11.5 Å². The quantitative estimate of drug-likeness (QED) is 0.853. The van der Waals surface area contributed by atoms with Crippen molar-refractivity contribution in [1.82, 2.24) is 10.2 Å². The van der Waals surface area contributed by atoms with Gasteiger partial charge in [0, 0.05) is 19.6 Å². The van der Waals surface area contributed by atoms with Crippen LogP contribution in [-0.4, -0.2) is 31.7 Å². The van der Waals surface area contributed by atoms with Crippen LogP contribution < -0.4 is 14.8 Å². The standard InChI is InChI=1S/C20H21F3N2O3/c1-27-17-9-14-6-7-25(12-15(14)10-18(17)28-2)19(26)24-11-13-4-3-5-16(8-13)20(21,22)23/h3-5,8-10H,6-7,11-12H2,1-2H3,(H,24,26). The van der Waals surface area contributed by atoms with Crippen molar-refractivity contribution < 1.29 is 27.4 Å². The number of halogens is 3. The van der Waals surface area contributed by atoms with E-state index in [0.29, 0.717) is 36.6 Å². The number of hydrogen-bond acceptors (Lipinski definition) is 3. The van der Waals surface area contributed by atoms with Crippen molar-refractivity contribution in [3.63, 3.8) is 0 Å². The number of benzene rings is 2. The molecule has 0 radical (unpaired) electrons. The summed E-state index contributed by atoms with van der Waals surface area (Å²) < 4.78 is 49.0. The molecule has 2 amide bonds. The lowest BCUT2D eigenvalue weighted by Crippen LogP contribution is -2.42. The number of fused-ring (bicyclic) bond motifs is 1. The van der Waals surface area contributed by atoms with Gasteiger partial charge in [-0.1, -0.05) is 12.1 Å². The maximum atomic E-state index is 12.8.